The molecule has 0 spiro atoms. The van der Waals surface area contributed by atoms with E-state index in [0.717, 1.165) is 0 Å². The number of rotatable bonds is 0. The van der Waals surface area contributed by atoms with Gasteiger partial charge in [0.1, 0.15) is 17.8 Å². The molecule has 0 aliphatic carbocycles. The third-order valence-electron chi connectivity index (χ3n) is 3.43. The number of hydrogen-bond acceptors (Lipinski definition) is 5. The molecule has 0 amide bonds. The summed E-state index contributed by atoms with van der Waals surface area (Å²) in [6.45, 7) is 0.428. The molecule has 0 unspecified atom stereocenters. The predicted octanol–water partition coefficient (Wildman–Crippen LogP) is -0.745. The molecule has 0 aromatic carbocycles. The summed E-state index contributed by atoms with van der Waals surface area (Å²) >= 11 is 0. The lowest BCUT2D eigenvalue weighted by Gasteiger charge is -2.13. The van der Waals surface area contributed by atoms with Crippen LogP contribution in [0, 0.1) is 0 Å². The van der Waals surface area contributed by atoms with Gasteiger partial charge >= 0.3 is 0 Å². The van der Waals surface area contributed by atoms with Gasteiger partial charge in [-0.2, -0.15) is 0 Å². The van der Waals surface area contributed by atoms with Crippen molar-refractivity contribution in [2.75, 3.05) is 0 Å². The van der Waals surface area contributed by atoms with Gasteiger partial charge in [-0.3, -0.25) is 9.36 Å². The highest BCUT2D eigenvalue weighted by Crippen LogP contribution is 2.33. The molecule has 2 bridgehead atoms. The molecule has 1 saturated heterocycles. The molecule has 1 N–H and O–H groups in total. The molecule has 2 aromatic heterocycles. The SMILES string of the molecule is O=c1ccc2nnn3c2n1[C@H]1C[C@H](O)[C@@H](C3)O1. The Bertz CT molecular complexity index is 661. The van der Waals surface area contributed by atoms with E-state index in [1.165, 1.54) is 10.6 Å². The monoisotopic (exact) mass is 234 g/mol. The minimum absolute atomic E-state index is 0.152. The number of aliphatic hydroxyl groups is 1. The van der Waals surface area contributed by atoms with Crippen molar-refractivity contribution in [3.05, 3.63) is 22.5 Å². The van der Waals surface area contributed by atoms with E-state index in [0.29, 0.717) is 24.1 Å². The summed E-state index contributed by atoms with van der Waals surface area (Å²) in [5, 5.41) is 17.8. The van der Waals surface area contributed by atoms with Crippen molar-refractivity contribution in [3.63, 3.8) is 0 Å². The van der Waals surface area contributed by atoms with Gasteiger partial charge in [0, 0.05) is 12.5 Å². The molecule has 1 fully saturated rings. The van der Waals surface area contributed by atoms with Crippen molar-refractivity contribution in [3.8, 4) is 0 Å². The van der Waals surface area contributed by atoms with E-state index in [1.54, 1.807) is 10.7 Å². The van der Waals surface area contributed by atoms with E-state index < -0.39 is 12.3 Å². The number of fused-ring (bicyclic) bond motifs is 3. The number of nitrogens with zero attached hydrogens (tertiary/aromatic N) is 4. The van der Waals surface area contributed by atoms with Crippen LogP contribution in [0.25, 0.3) is 11.2 Å². The van der Waals surface area contributed by atoms with Gasteiger partial charge in [0.2, 0.25) is 0 Å². The lowest BCUT2D eigenvalue weighted by Crippen LogP contribution is -2.28. The summed E-state index contributed by atoms with van der Waals surface area (Å²) in [6, 6.07) is 3.11. The van der Waals surface area contributed by atoms with E-state index in [2.05, 4.69) is 10.3 Å². The first kappa shape index (κ1) is 9.32. The number of ether oxygens (including phenoxy) is 1. The minimum atomic E-state index is -0.556. The second-order valence-corrected chi connectivity index (χ2v) is 4.45. The van der Waals surface area contributed by atoms with E-state index in [-0.39, 0.29) is 11.7 Å². The van der Waals surface area contributed by atoms with Gasteiger partial charge in [-0.05, 0) is 6.07 Å². The molecule has 7 nitrogen and oxygen atoms in total. The average Bonchev–Trinajstić information content (AvgIpc) is 2.79. The van der Waals surface area contributed by atoms with E-state index >= 15 is 0 Å². The van der Waals surface area contributed by atoms with Crippen LogP contribution in [0.2, 0.25) is 0 Å². The Morgan fingerprint density at radius 3 is 3.24 bits per heavy atom. The number of aromatic nitrogens is 4. The van der Waals surface area contributed by atoms with Gasteiger partial charge in [0.25, 0.3) is 5.56 Å². The standard InChI is InChI=1S/C10H10N4O3/c15-6-3-9-14-8(16)2-1-5-10(14)13(12-11-5)4-7(6)17-9/h1-2,6-7,9,15H,3-4H2/t6-,7+,9+/m0/s1. The zero-order chi connectivity index (χ0) is 11.6. The second kappa shape index (κ2) is 2.93. The molecule has 2 aliphatic rings. The molecule has 2 aliphatic heterocycles. The van der Waals surface area contributed by atoms with Crippen LogP contribution in [0.3, 0.4) is 0 Å². The summed E-state index contributed by atoms with van der Waals surface area (Å²) in [5.74, 6) is 0. The number of hydrogen-bond donors (Lipinski definition) is 1. The Labute approximate surface area is 95.2 Å². The Hall–Kier alpha value is -1.73. The summed E-state index contributed by atoms with van der Waals surface area (Å²) in [7, 11) is 0. The lowest BCUT2D eigenvalue weighted by molar-refractivity contribution is -0.0202. The molecule has 0 saturated carbocycles. The topological polar surface area (TPSA) is 82.2 Å². The summed E-state index contributed by atoms with van der Waals surface area (Å²) in [5.41, 5.74) is 1.20. The van der Waals surface area contributed by atoms with Gasteiger partial charge < -0.3 is 9.84 Å². The first-order valence-corrected chi connectivity index (χ1v) is 5.52. The summed E-state index contributed by atoms with van der Waals surface area (Å²) in [4.78, 5) is 11.9. The van der Waals surface area contributed by atoms with E-state index in [9.17, 15) is 9.90 Å². The van der Waals surface area contributed by atoms with Gasteiger partial charge in [0.15, 0.2) is 5.65 Å². The Balaban J connectivity index is 2.10. The first-order chi connectivity index (χ1) is 8.24. The second-order valence-electron chi connectivity index (χ2n) is 4.45. The van der Waals surface area contributed by atoms with Crippen LogP contribution < -0.4 is 5.56 Å². The van der Waals surface area contributed by atoms with Crippen LogP contribution >= 0.6 is 0 Å². The van der Waals surface area contributed by atoms with Crippen molar-refractivity contribution in [1.29, 1.82) is 0 Å². The van der Waals surface area contributed by atoms with Crippen LogP contribution in [-0.2, 0) is 11.3 Å². The maximum atomic E-state index is 11.9. The van der Waals surface area contributed by atoms with Crippen molar-refractivity contribution in [2.45, 2.75) is 31.4 Å². The maximum Gasteiger partial charge on any atom is 0.254 e. The normalized spacial score (nSPS) is 30.8. The summed E-state index contributed by atoms with van der Waals surface area (Å²) in [6.07, 6.45) is -0.843. The van der Waals surface area contributed by atoms with Crippen LogP contribution in [0.5, 0.6) is 0 Å². The zero-order valence-electron chi connectivity index (χ0n) is 8.85. The molecule has 7 heteroatoms. The Morgan fingerprint density at radius 2 is 2.35 bits per heavy atom. The highest BCUT2D eigenvalue weighted by molar-refractivity contribution is 5.70. The smallest absolute Gasteiger partial charge is 0.254 e. The lowest BCUT2D eigenvalue weighted by atomic mass is 10.1. The Morgan fingerprint density at radius 1 is 1.47 bits per heavy atom. The largest absolute Gasteiger partial charge is 0.390 e. The minimum Gasteiger partial charge on any atom is -0.390 e. The zero-order valence-corrected chi connectivity index (χ0v) is 8.85. The molecule has 4 rings (SSSR count). The first-order valence-electron chi connectivity index (χ1n) is 5.52. The van der Waals surface area contributed by atoms with Crippen molar-refractivity contribution in [2.24, 2.45) is 0 Å². The number of aliphatic hydroxyl groups excluding tert-OH is 1. The van der Waals surface area contributed by atoms with Crippen molar-refractivity contribution >= 4 is 11.2 Å². The molecule has 0 radical (unpaired) electrons. The molecule has 4 heterocycles. The van der Waals surface area contributed by atoms with Crippen LogP contribution in [0.15, 0.2) is 16.9 Å². The molecule has 2 aromatic rings. The molecule has 17 heavy (non-hydrogen) atoms. The molecule has 88 valence electrons. The van der Waals surface area contributed by atoms with E-state index in [4.69, 9.17) is 4.74 Å². The van der Waals surface area contributed by atoms with Gasteiger partial charge in [0.05, 0.1) is 12.6 Å². The molecule has 3 atom stereocenters. The summed E-state index contributed by atoms with van der Waals surface area (Å²) < 4.78 is 8.83. The Kier molecular flexibility index (Phi) is 1.61. The van der Waals surface area contributed by atoms with Crippen LogP contribution in [-0.4, -0.2) is 36.9 Å². The maximum absolute atomic E-state index is 11.9. The predicted molar refractivity (Wildman–Crippen MR) is 56.3 cm³/mol. The fourth-order valence-corrected chi connectivity index (χ4v) is 2.62. The number of pyridine rings is 1. The van der Waals surface area contributed by atoms with Crippen molar-refractivity contribution in [1.82, 2.24) is 19.6 Å². The van der Waals surface area contributed by atoms with Crippen molar-refractivity contribution < 1.29 is 9.84 Å². The van der Waals surface area contributed by atoms with Crippen LogP contribution in [0.4, 0.5) is 0 Å². The molecular weight excluding hydrogens is 224 g/mol. The van der Waals surface area contributed by atoms with E-state index in [1.807, 2.05) is 0 Å². The molecular formula is C10H10N4O3. The van der Waals surface area contributed by atoms with Gasteiger partial charge in [-0.1, -0.05) is 5.21 Å². The third kappa shape index (κ3) is 1.10. The highest BCUT2D eigenvalue weighted by Gasteiger charge is 2.39. The quantitative estimate of drug-likeness (QED) is 0.649. The fraction of sp³-hybridized carbons (Fsp3) is 0.500. The van der Waals surface area contributed by atoms with Gasteiger partial charge in [-0.15, -0.1) is 5.10 Å². The highest BCUT2D eigenvalue weighted by atomic mass is 16.5. The average molecular weight is 234 g/mol. The van der Waals surface area contributed by atoms with Crippen LogP contribution in [0.1, 0.15) is 12.6 Å². The van der Waals surface area contributed by atoms with Gasteiger partial charge in [-0.25, -0.2) is 4.68 Å². The third-order valence-corrected chi connectivity index (χ3v) is 3.43. The fourth-order valence-electron chi connectivity index (χ4n) is 2.62.